The average molecular weight is 223 g/mol. The molecular weight excluding hydrogens is 202 g/mol. The highest BCUT2D eigenvalue weighted by molar-refractivity contribution is 5.20. The number of unbranched alkanes of at least 4 members (excludes halogenated alkanes) is 1. The zero-order chi connectivity index (χ0) is 11.6. The zero-order valence-corrected chi connectivity index (χ0v) is 9.89. The number of hydrogen-bond donors (Lipinski definition) is 1. The van der Waals surface area contributed by atoms with Gasteiger partial charge < -0.3 is 15.2 Å². The Kier molecular flexibility index (Phi) is 6.61. The van der Waals surface area contributed by atoms with Gasteiger partial charge >= 0.3 is 0 Å². The monoisotopic (exact) mass is 223 g/mol. The van der Waals surface area contributed by atoms with Crippen LogP contribution in [0.4, 0.5) is 0 Å². The normalized spacial score (nSPS) is 12.4. The molecule has 0 fully saturated rings. The molecule has 1 aromatic rings. The standard InChI is InChI=1S/C13H21NO2/c1-12(11-14)15-9-5-6-10-16-13-7-3-2-4-8-13/h2-4,7-8,12H,5-6,9-11,14H2,1H3. The predicted molar refractivity (Wildman–Crippen MR) is 65.6 cm³/mol. The Hall–Kier alpha value is -1.06. The van der Waals surface area contributed by atoms with Gasteiger partial charge in [0.2, 0.25) is 0 Å². The average Bonchev–Trinajstić information content (AvgIpc) is 2.34. The molecule has 0 aliphatic carbocycles. The number of para-hydroxylation sites is 1. The molecule has 16 heavy (non-hydrogen) atoms. The highest BCUT2D eigenvalue weighted by Crippen LogP contribution is 2.08. The van der Waals surface area contributed by atoms with E-state index in [9.17, 15) is 0 Å². The maximum absolute atomic E-state index is 5.56. The van der Waals surface area contributed by atoms with Gasteiger partial charge in [-0.05, 0) is 31.9 Å². The molecule has 0 saturated heterocycles. The van der Waals surface area contributed by atoms with Crippen LogP contribution < -0.4 is 10.5 Å². The highest BCUT2D eigenvalue weighted by atomic mass is 16.5. The first-order valence-electron chi connectivity index (χ1n) is 5.82. The molecule has 1 atom stereocenters. The Morgan fingerprint density at radius 1 is 1.12 bits per heavy atom. The SMILES string of the molecule is CC(CN)OCCCCOc1ccccc1. The van der Waals surface area contributed by atoms with Crippen LogP contribution in [-0.2, 0) is 4.74 Å². The van der Waals surface area contributed by atoms with E-state index in [0.29, 0.717) is 6.54 Å². The first-order valence-corrected chi connectivity index (χ1v) is 5.82. The maximum atomic E-state index is 5.56. The van der Waals surface area contributed by atoms with Crippen LogP contribution in [0.25, 0.3) is 0 Å². The third-order valence-corrected chi connectivity index (χ3v) is 2.28. The number of benzene rings is 1. The van der Waals surface area contributed by atoms with E-state index < -0.39 is 0 Å². The third-order valence-electron chi connectivity index (χ3n) is 2.28. The summed E-state index contributed by atoms with van der Waals surface area (Å²) in [6.45, 7) is 4.07. The van der Waals surface area contributed by atoms with Crippen molar-refractivity contribution in [2.45, 2.75) is 25.9 Å². The molecule has 90 valence electrons. The van der Waals surface area contributed by atoms with Gasteiger partial charge in [-0.15, -0.1) is 0 Å². The first-order chi connectivity index (χ1) is 7.83. The molecule has 0 aliphatic heterocycles. The fourth-order valence-electron chi connectivity index (χ4n) is 1.26. The van der Waals surface area contributed by atoms with Gasteiger partial charge in [-0.25, -0.2) is 0 Å². The maximum Gasteiger partial charge on any atom is 0.119 e. The number of rotatable bonds is 8. The number of hydrogen-bond acceptors (Lipinski definition) is 3. The summed E-state index contributed by atoms with van der Waals surface area (Å²) in [6, 6.07) is 9.86. The van der Waals surface area contributed by atoms with Crippen molar-refractivity contribution in [2.75, 3.05) is 19.8 Å². The van der Waals surface area contributed by atoms with Gasteiger partial charge in [-0.3, -0.25) is 0 Å². The number of nitrogens with two attached hydrogens (primary N) is 1. The van der Waals surface area contributed by atoms with Crippen molar-refractivity contribution in [3.8, 4) is 5.75 Å². The fourth-order valence-corrected chi connectivity index (χ4v) is 1.26. The largest absolute Gasteiger partial charge is 0.494 e. The highest BCUT2D eigenvalue weighted by Gasteiger charge is 1.97. The van der Waals surface area contributed by atoms with Crippen LogP contribution in [0.5, 0.6) is 5.75 Å². The number of ether oxygens (including phenoxy) is 2. The Labute approximate surface area is 97.6 Å². The van der Waals surface area contributed by atoms with Crippen LogP contribution >= 0.6 is 0 Å². The lowest BCUT2D eigenvalue weighted by atomic mass is 10.3. The van der Waals surface area contributed by atoms with Gasteiger partial charge in [0.1, 0.15) is 5.75 Å². The lowest BCUT2D eigenvalue weighted by Gasteiger charge is -2.10. The van der Waals surface area contributed by atoms with Gasteiger partial charge in [-0.1, -0.05) is 18.2 Å². The summed E-state index contributed by atoms with van der Waals surface area (Å²) in [4.78, 5) is 0. The molecule has 0 aliphatic rings. The van der Waals surface area contributed by atoms with E-state index in [2.05, 4.69) is 0 Å². The molecule has 0 spiro atoms. The summed E-state index contributed by atoms with van der Waals surface area (Å²) in [5, 5.41) is 0. The van der Waals surface area contributed by atoms with Crippen molar-refractivity contribution in [3.05, 3.63) is 30.3 Å². The molecule has 0 heterocycles. The minimum absolute atomic E-state index is 0.162. The van der Waals surface area contributed by atoms with Crippen LogP contribution in [0, 0.1) is 0 Å². The van der Waals surface area contributed by atoms with Crippen LogP contribution in [0.3, 0.4) is 0 Å². The summed E-state index contributed by atoms with van der Waals surface area (Å²) in [6.07, 6.45) is 2.18. The van der Waals surface area contributed by atoms with Gasteiger partial charge in [-0.2, -0.15) is 0 Å². The Balaban J connectivity index is 1.96. The molecule has 3 heteroatoms. The lowest BCUT2D eigenvalue weighted by molar-refractivity contribution is 0.0672. The van der Waals surface area contributed by atoms with Crippen molar-refractivity contribution in [1.82, 2.24) is 0 Å². The third kappa shape index (κ3) is 5.73. The van der Waals surface area contributed by atoms with E-state index in [1.807, 2.05) is 37.3 Å². The van der Waals surface area contributed by atoms with Crippen molar-refractivity contribution in [1.29, 1.82) is 0 Å². The van der Waals surface area contributed by atoms with Crippen molar-refractivity contribution in [2.24, 2.45) is 5.73 Å². The first kappa shape index (κ1) is 13.0. The van der Waals surface area contributed by atoms with Crippen LogP contribution in [0.15, 0.2) is 30.3 Å². The molecule has 1 aromatic carbocycles. The fraction of sp³-hybridized carbons (Fsp3) is 0.538. The van der Waals surface area contributed by atoms with Crippen molar-refractivity contribution in [3.63, 3.8) is 0 Å². The summed E-state index contributed by atoms with van der Waals surface area (Å²) < 4.78 is 11.0. The molecule has 3 nitrogen and oxygen atoms in total. The lowest BCUT2D eigenvalue weighted by Crippen LogP contribution is -2.20. The molecule has 0 saturated carbocycles. The van der Waals surface area contributed by atoms with Crippen molar-refractivity contribution < 1.29 is 9.47 Å². The molecule has 0 bridgehead atoms. The minimum Gasteiger partial charge on any atom is -0.494 e. The summed E-state index contributed by atoms with van der Waals surface area (Å²) >= 11 is 0. The summed E-state index contributed by atoms with van der Waals surface area (Å²) in [5.41, 5.74) is 5.44. The van der Waals surface area contributed by atoms with E-state index in [4.69, 9.17) is 15.2 Å². The smallest absolute Gasteiger partial charge is 0.119 e. The van der Waals surface area contributed by atoms with Gasteiger partial charge in [0.25, 0.3) is 0 Å². The molecule has 0 aromatic heterocycles. The van der Waals surface area contributed by atoms with E-state index in [0.717, 1.165) is 31.8 Å². The molecular formula is C13H21NO2. The second-order valence-corrected chi connectivity index (χ2v) is 3.79. The Bertz CT molecular complexity index is 264. The predicted octanol–water partition coefficient (Wildman–Crippen LogP) is 2.21. The van der Waals surface area contributed by atoms with Crippen LogP contribution in [-0.4, -0.2) is 25.9 Å². The van der Waals surface area contributed by atoms with E-state index in [1.54, 1.807) is 0 Å². The zero-order valence-electron chi connectivity index (χ0n) is 9.89. The Morgan fingerprint density at radius 3 is 2.50 bits per heavy atom. The summed E-state index contributed by atoms with van der Waals surface area (Å²) in [7, 11) is 0. The quantitative estimate of drug-likeness (QED) is 0.687. The van der Waals surface area contributed by atoms with Crippen molar-refractivity contribution >= 4 is 0 Å². The van der Waals surface area contributed by atoms with Crippen LogP contribution in [0.1, 0.15) is 19.8 Å². The van der Waals surface area contributed by atoms with E-state index >= 15 is 0 Å². The van der Waals surface area contributed by atoms with Crippen LogP contribution in [0.2, 0.25) is 0 Å². The minimum atomic E-state index is 0.162. The topological polar surface area (TPSA) is 44.5 Å². The van der Waals surface area contributed by atoms with Gasteiger partial charge in [0.15, 0.2) is 0 Å². The molecule has 0 radical (unpaired) electrons. The van der Waals surface area contributed by atoms with E-state index in [-0.39, 0.29) is 6.10 Å². The molecule has 0 amide bonds. The molecule has 1 unspecified atom stereocenters. The Morgan fingerprint density at radius 2 is 1.81 bits per heavy atom. The molecule has 1 rings (SSSR count). The summed E-state index contributed by atoms with van der Waals surface area (Å²) in [5.74, 6) is 0.929. The van der Waals surface area contributed by atoms with E-state index in [1.165, 1.54) is 0 Å². The van der Waals surface area contributed by atoms with Gasteiger partial charge in [0, 0.05) is 13.2 Å². The second-order valence-electron chi connectivity index (χ2n) is 3.79. The molecule has 2 N–H and O–H groups in total. The van der Waals surface area contributed by atoms with Gasteiger partial charge in [0.05, 0.1) is 12.7 Å². The second kappa shape index (κ2) is 8.13.